The Morgan fingerprint density at radius 1 is 1.04 bits per heavy atom. The lowest BCUT2D eigenvalue weighted by Crippen LogP contribution is -2.49. The van der Waals surface area contributed by atoms with Crippen LogP contribution in [0.5, 0.6) is 0 Å². The van der Waals surface area contributed by atoms with Crippen molar-refractivity contribution in [2.75, 3.05) is 13.1 Å². The zero-order valence-corrected chi connectivity index (χ0v) is 15.3. The molecule has 27 heavy (non-hydrogen) atoms. The van der Waals surface area contributed by atoms with Crippen LogP contribution >= 0.6 is 0 Å². The van der Waals surface area contributed by atoms with Crippen molar-refractivity contribution in [3.63, 3.8) is 0 Å². The maximum absolute atomic E-state index is 13.1. The van der Waals surface area contributed by atoms with Gasteiger partial charge in [-0.15, -0.1) is 0 Å². The van der Waals surface area contributed by atoms with E-state index in [1.807, 2.05) is 12.2 Å². The monoisotopic (exact) mass is 362 g/mol. The van der Waals surface area contributed by atoms with Gasteiger partial charge in [0.05, 0.1) is 17.2 Å². The number of imide groups is 1. The predicted molar refractivity (Wildman–Crippen MR) is 102 cm³/mol. The maximum atomic E-state index is 13.1. The summed E-state index contributed by atoms with van der Waals surface area (Å²) in [5.41, 5.74) is 1.98. The third-order valence-corrected chi connectivity index (χ3v) is 5.56. The minimum absolute atomic E-state index is 0.0161. The molecule has 2 heterocycles. The van der Waals surface area contributed by atoms with Crippen molar-refractivity contribution in [2.24, 2.45) is 5.92 Å². The Morgan fingerprint density at radius 2 is 1.74 bits per heavy atom. The number of hydrogen-bond donors (Lipinski definition) is 0. The van der Waals surface area contributed by atoms with Gasteiger partial charge in [0.2, 0.25) is 5.91 Å². The van der Waals surface area contributed by atoms with Crippen LogP contribution in [0.4, 0.5) is 0 Å². The summed E-state index contributed by atoms with van der Waals surface area (Å²) < 4.78 is 0. The Labute approximate surface area is 158 Å². The molecule has 0 bridgehead atoms. The minimum Gasteiger partial charge on any atom is -0.330 e. The van der Waals surface area contributed by atoms with Gasteiger partial charge in [0.1, 0.15) is 6.54 Å². The highest BCUT2D eigenvalue weighted by Crippen LogP contribution is 2.30. The molecule has 3 amide bonds. The summed E-state index contributed by atoms with van der Waals surface area (Å²) >= 11 is 0. The van der Waals surface area contributed by atoms with Gasteiger partial charge in [0.25, 0.3) is 11.8 Å². The largest absolute Gasteiger partial charge is 0.330 e. The molecule has 1 aliphatic carbocycles. The SMILES string of the molecule is CC1CC=CC=C1C1CC=CCN1C(=O)CN1C(=O)c2ccccc2C1=O. The van der Waals surface area contributed by atoms with Crippen LogP contribution in [0, 0.1) is 5.92 Å². The van der Waals surface area contributed by atoms with Gasteiger partial charge in [-0.25, -0.2) is 0 Å². The van der Waals surface area contributed by atoms with E-state index in [1.54, 1.807) is 29.2 Å². The molecule has 2 atom stereocenters. The molecule has 0 saturated carbocycles. The number of rotatable bonds is 3. The van der Waals surface area contributed by atoms with Crippen LogP contribution < -0.4 is 0 Å². The molecule has 5 heteroatoms. The molecule has 5 nitrogen and oxygen atoms in total. The van der Waals surface area contributed by atoms with Crippen LogP contribution in [0.15, 0.2) is 60.2 Å². The molecule has 0 aromatic heterocycles. The van der Waals surface area contributed by atoms with Crippen molar-refractivity contribution in [2.45, 2.75) is 25.8 Å². The second-order valence-corrected chi connectivity index (χ2v) is 7.24. The topological polar surface area (TPSA) is 57.7 Å². The molecule has 0 N–H and O–H groups in total. The van der Waals surface area contributed by atoms with Gasteiger partial charge >= 0.3 is 0 Å². The second kappa shape index (κ2) is 6.99. The number of carbonyl (C=O) groups is 3. The summed E-state index contributed by atoms with van der Waals surface area (Å²) in [5, 5.41) is 0. The molecule has 2 unspecified atom stereocenters. The first-order valence-electron chi connectivity index (χ1n) is 9.34. The van der Waals surface area contributed by atoms with Gasteiger partial charge in [-0.05, 0) is 36.5 Å². The Hall–Kier alpha value is -2.95. The normalized spacial score (nSPS) is 24.3. The summed E-state index contributed by atoms with van der Waals surface area (Å²) in [4.78, 5) is 41.0. The summed E-state index contributed by atoms with van der Waals surface area (Å²) in [6.07, 6.45) is 12.1. The number of benzene rings is 1. The fourth-order valence-corrected chi connectivity index (χ4v) is 4.07. The van der Waals surface area contributed by atoms with E-state index in [1.165, 1.54) is 5.57 Å². The summed E-state index contributed by atoms with van der Waals surface area (Å²) in [5.74, 6) is -0.593. The number of fused-ring (bicyclic) bond motifs is 1. The Bertz CT molecular complexity index is 862. The van der Waals surface area contributed by atoms with Crippen LogP contribution in [0.25, 0.3) is 0 Å². The first-order valence-corrected chi connectivity index (χ1v) is 9.34. The van der Waals surface area contributed by atoms with E-state index in [9.17, 15) is 14.4 Å². The van der Waals surface area contributed by atoms with Gasteiger partial charge < -0.3 is 4.90 Å². The molecule has 4 rings (SSSR count). The van der Waals surface area contributed by atoms with Crippen molar-refractivity contribution in [1.29, 1.82) is 0 Å². The minimum atomic E-state index is -0.388. The molecule has 1 aromatic rings. The maximum Gasteiger partial charge on any atom is 0.262 e. The van der Waals surface area contributed by atoms with Gasteiger partial charge in [0, 0.05) is 6.54 Å². The molecule has 0 saturated heterocycles. The number of nitrogens with zero attached hydrogens (tertiary/aromatic N) is 2. The first kappa shape index (κ1) is 17.5. The van der Waals surface area contributed by atoms with Crippen LogP contribution in [-0.4, -0.2) is 46.7 Å². The Kier molecular flexibility index (Phi) is 4.52. The highest BCUT2D eigenvalue weighted by atomic mass is 16.2. The Balaban J connectivity index is 1.55. The second-order valence-electron chi connectivity index (χ2n) is 7.24. The zero-order valence-electron chi connectivity index (χ0n) is 15.3. The van der Waals surface area contributed by atoms with E-state index in [0.717, 1.165) is 17.7 Å². The van der Waals surface area contributed by atoms with E-state index >= 15 is 0 Å². The lowest BCUT2D eigenvalue weighted by molar-refractivity contribution is -0.132. The van der Waals surface area contributed by atoms with Gasteiger partial charge in [-0.2, -0.15) is 0 Å². The van der Waals surface area contributed by atoms with Crippen LogP contribution in [0.2, 0.25) is 0 Å². The van der Waals surface area contributed by atoms with Crippen molar-refractivity contribution in [3.05, 3.63) is 71.3 Å². The molecule has 0 radical (unpaired) electrons. The standard InChI is InChI=1S/C22H22N2O3/c1-15-8-2-3-9-16(15)19-12-6-7-13-23(19)20(25)14-24-21(26)17-10-4-5-11-18(17)22(24)27/h2-7,9-11,15,19H,8,12-14H2,1H3. The number of hydrogen-bond acceptors (Lipinski definition) is 3. The van der Waals surface area contributed by atoms with Crippen LogP contribution in [0.1, 0.15) is 40.5 Å². The van der Waals surface area contributed by atoms with Crippen LogP contribution in [-0.2, 0) is 4.79 Å². The smallest absolute Gasteiger partial charge is 0.262 e. The van der Waals surface area contributed by atoms with E-state index in [0.29, 0.717) is 23.6 Å². The molecule has 1 aromatic carbocycles. The van der Waals surface area contributed by atoms with Crippen molar-refractivity contribution < 1.29 is 14.4 Å². The first-order chi connectivity index (χ1) is 13.1. The third kappa shape index (κ3) is 3.03. The lowest BCUT2D eigenvalue weighted by atomic mass is 9.85. The van der Waals surface area contributed by atoms with Gasteiger partial charge in [-0.3, -0.25) is 19.3 Å². The number of allylic oxidation sites excluding steroid dienone is 3. The summed E-state index contributed by atoms with van der Waals surface area (Å²) in [6, 6.07) is 6.70. The van der Waals surface area contributed by atoms with Gasteiger partial charge in [0.15, 0.2) is 0 Å². The molecule has 138 valence electrons. The highest BCUT2D eigenvalue weighted by Gasteiger charge is 2.38. The molecular formula is C22H22N2O3. The fourth-order valence-electron chi connectivity index (χ4n) is 4.07. The van der Waals surface area contributed by atoms with Crippen molar-refractivity contribution in [3.8, 4) is 0 Å². The molecule has 0 fully saturated rings. The van der Waals surface area contributed by atoms with E-state index in [-0.39, 0.29) is 30.3 Å². The highest BCUT2D eigenvalue weighted by molar-refractivity contribution is 6.22. The quantitative estimate of drug-likeness (QED) is 0.614. The summed E-state index contributed by atoms with van der Waals surface area (Å²) in [7, 11) is 0. The van der Waals surface area contributed by atoms with E-state index in [2.05, 4.69) is 25.2 Å². The predicted octanol–water partition coefficient (Wildman–Crippen LogP) is 2.96. The summed E-state index contributed by atoms with van der Waals surface area (Å²) in [6.45, 7) is 2.45. The molecule has 3 aliphatic rings. The molecular weight excluding hydrogens is 340 g/mol. The average Bonchev–Trinajstić information content (AvgIpc) is 2.93. The molecule has 0 spiro atoms. The van der Waals surface area contributed by atoms with E-state index < -0.39 is 0 Å². The van der Waals surface area contributed by atoms with Crippen molar-refractivity contribution in [1.82, 2.24) is 9.80 Å². The number of carbonyl (C=O) groups excluding carboxylic acids is 3. The average molecular weight is 362 g/mol. The number of amides is 3. The lowest BCUT2D eigenvalue weighted by Gasteiger charge is -2.38. The van der Waals surface area contributed by atoms with Crippen molar-refractivity contribution >= 4 is 17.7 Å². The van der Waals surface area contributed by atoms with Gasteiger partial charge in [-0.1, -0.05) is 49.4 Å². The van der Waals surface area contributed by atoms with Crippen LogP contribution in [0.3, 0.4) is 0 Å². The molecule has 2 aliphatic heterocycles. The zero-order chi connectivity index (χ0) is 19.0. The fraction of sp³-hybridized carbons (Fsp3) is 0.318. The van der Waals surface area contributed by atoms with E-state index in [4.69, 9.17) is 0 Å². The third-order valence-electron chi connectivity index (χ3n) is 5.56. The Morgan fingerprint density at radius 3 is 2.41 bits per heavy atom.